The van der Waals surface area contributed by atoms with Crippen LogP contribution in [0.2, 0.25) is 5.02 Å². The van der Waals surface area contributed by atoms with Crippen LogP contribution in [0.4, 0.5) is 5.69 Å². The van der Waals surface area contributed by atoms with Crippen LogP contribution >= 0.6 is 11.6 Å². The average molecular weight is 339 g/mol. The molecule has 2 rings (SSSR count). The van der Waals surface area contributed by atoms with Crippen LogP contribution in [0.15, 0.2) is 22.6 Å². The van der Waals surface area contributed by atoms with E-state index < -0.39 is 0 Å². The van der Waals surface area contributed by atoms with Crippen molar-refractivity contribution < 1.29 is 13.9 Å². The highest BCUT2D eigenvalue weighted by molar-refractivity contribution is 6.32. The van der Waals surface area contributed by atoms with Gasteiger partial charge in [-0.2, -0.15) is 0 Å². The van der Waals surface area contributed by atoms with E-state index >= 15 is 0 Å². The van der Waals surface area contributed by atoms with Crippen LogP contribution in [0.25, 0.3) is 0 Å². The predicted molar refractivity (Wildman–Crippen MR) is 86.7 cm³/mol. The quantitative estimate of drug-likeness (QED) is 0.872. The van der Waals surface area contributed by atoms with Crippen LogP contribution < -0.4 is 10.1 Å². The lowest BCUT2D eigenvalue weighted by atomic mass is 10.2. The van der Waals surface area contributed by atoms with Crippen LogP contribution in [-0.2, 0) is 4.79 Å². The van der Waals surface area contributed by atoms with E-state index in [1.54, 1.807) is 39.2 Å². The van der Waals surface area contributed by atoms with E-state index in [0.717, 1.165) is 5.69 Å². The number of anilines is 1. The molecular formula is C15H19ClN4O3. The minimum absolute atomic E-state index is 0.0584. The third-order valence-electron chi connectivity index (χ3n) is 3.08. The van der Waals surface area contributed by atoms with Crippen LogP contribution in [-0.4, -0.2) is 41.7 Å². The fourth-order valence-corrected chi connectivity index (χ4v) is 2.01. The van der Waals surface area contributed by atoms with Crippen molar-refractivity contribution in [2.45, 2.75) is 19.9 Å². The Labute approximate surface area is 139 Å². The van der Waals surface area contributed by atoms with Gasteiger partial charge in [0.15, 0.2) is 6.61 Å². The molecule has 1 aromatic heterocycles. The van der Waals surface area contributed by atoms with Gasteiger partial charge in [0.25, 0.3) is 5.91 Å². The van der Waals surface area contributed by atoms with Gasteiger partial charge < -0.3 is 19.4 Å². The smallest absolute Gasteiger partial charge is 0.259 e. The molecule has 1 amide bonds. The van der Waals surface area contributed by atoms with Gasteiger partial charge in [-0.1, -0.05) is 11.6 Å². The van der Waals surface area contributed by atoms with Crippen LogP contribution in [0.5, 0.6) is 5.75 Å². The van der Waals surface area contributed by atoms with E-state index in [-0.39, 0.29) is 18.6 Å². The number of benzene rings is 1. The highest BCUT2D eigenvalue weighted by Crippen LogP contribution is 2.29. The molecule has 0 aliphatic carbocycles. The number of carbonyl (C=O) groups excluding carboxylic acids is 1. The zero-order chi connectivity index (χ0) is 17.0. The molecule has 0 unspecified atom stereocenters. The molecule has 0 bridgehead atoms. The molecule has 0 radical (unpaired) electrons. The summed E-state index contributed by atoms with van der Waals surface area (Å²) >= 11 is 6.18. The molecule has 1 N–H and O–H groups in total. The Morgan fingerprint density at radius 2 is 2.17 bits per heavy atom. The second-order valence-corrected chi connectivity index (χ2v) is 5.65. The number of halogens is 1. The third kappa shape index (κ3) is 4.59. The molecule has 0 spiro atoms. The number of carbonyl (C=O) groups is 1. The number of likely N-dealkylation sites (N-methyl/N-ethyl adjacent to an activating group) is 1. The number of hydrogen-bond acceptors (Lipinski definition) is 6. The van der Waals surface area contributed by atoms with Gasteiger partial charge in [0.2, 0.25) is 11.8 Å². The van der Waals surface area contributed by atoms with Gasteiger partial charge in [-0.3, -0.25) is 4.79 Å². The maximum absolute atomic E-state index is 11.5. The molecule has 1 heterocycles. The Hall–Kier alpha value is -2.28. The van der Waals surface area contributed by atoms with Gasteiger partial charge >= 0.3 is 0 Å². The number of hydrogen-bond donors (Lipinski definition) is 1. The maximum Gasteiger partial charge on any atom is 0.259 e. The number of ether oxygens (including phenoxy) is 1. The van der Waals surface area contributed by atoms with Gasteiger partial charge in [0.1, 0.15) is 11.8 Å². The fourth-order valence-electron chi connectivity index (χ4n) is 1.77. The summed E-state index contributed by atoms with van der Waals surface area (Å²) in [6.45, 7) is 3.58. The third-order valence-corrected chi connectivity index (χ3v) is 3.37. The minimum Gasteiger partial charge on any atom is -0.482 e. The van der Waals surface area contributed by atoms with E-state index in [4.69, 9.17) is 20.8 Å². The Kier molecular flexibility index (Phi) is 5.44. The molecular weight excluding hydrogens is 320 g/mol. The van der Waals surface area contributed by atoms with Crippen molar-refractivity contribution in [3.63, 3.8) is 0 Å². The van der Waals surface area contributed by atoms with Crippen molar-refractivity contribution in [3.8, 4) is 5.75 Å². The second kappa shape index (κ2) is 7.32. The summed E-state index contributed by atoms with van der Waals surface area (Å²) in [6, 6.07) is 5.08. The first-order valence-electron chi connectivity index (χ1n) is 7.06. The molecule has 1 aromatic carbocycles. The number of nitrogens with one attached hydrogen (secondary N) is 1. The Bertz CT molecular complexity index is 687. The van der Waals surface area contributed by atoms with Gasteiger partial charge in [0, 0.05) is 26.7 Å². The van der Waals surface area contributed by atoms with Crippen molar-refractivity contribution in [1.82, 2.24) is 15.1 Å². The average Bonchev–Trinajstić information content (AvgIpc) is 2.92. The lowest BCUT2D eigenvalue weighted by Crippen LogP contribution is -2.27. The maximum atomic E-state index is 11.5. The first-order valence-corrected chi connectivity index (χ1v) is 7.43. The Morgan fingerprint density at radius 1 is 1.43 bits per heavy atom. The summed E-state index contributed by atoms with van der Waals surface area (Å²) < 4.78 is 10.8. The highest BCUT2D eigenvalue weighted by Gasteiger charge is 2.13. The van der Waals surface area contributed by atoms with E-state index in [1.807, 2.05) is 6.92 Å². The summed E-state index contributed by atoms with van der Waals surface area (Å²) in [5.41, 5.74) is 0.782. The van der Waals surface area contributed by atoms with Gasteiger partial charge in [-0.05, 0) is 25.1 Å². The molecule has 8 heteroatoms. The minimum atomic E-state index is -0.158. The molecule has 0 fully saturated rings. The highest BCUT2D eigenvalue weighted by atomic mass is 35.5. The first-order chi connectivity index (χ1) is 10.9. The monoisotopic (exact) mass is 338 g/mol. The summed E-state index contributed by atoms with van der Waals surface area (Å²) in [5, 5.41) is 11.4. The van der Waals surface area contributed by atoms with Crippen molar-refractivity contribution in [1.29, 1.82) is 0 Å². The van der Waals surface area contributed by atoms with E-state index in [2.05, 4.69) is 15.5 Å². The first kappa shape index (κ1) is 17.1. The standard InChI is InChI=1S/C15H19ClN4O3/c1-9(15-19-18-10(2)23-15)17-11-5-6-13(12(16)7-11)22-8-14(21)20(3)4/h5-7,9,17H,8H2,1-4H3/t9-/m0/s1. The van der Waals surface area contributed by atoms with E-state index in [1.165, 1.54) is 4.90 Å². The van der Waals surface area contributed by atoms with Gasteiger partial charge in [-0.25, -0.2) is 0 Å². The number of aryl methyl sites for hydroxylation is 1. The number of nitrogens with zero attached hydrogens (tertiary/aromatic N) is 3. The number of amides is 1. The molecule has 0 saturated carbocycles. The number of aromatic nitrogens is 2. The van der Waals surface area contributed by atoms with Gasteiger partial charge in [0.05, 0.1) is 5.02 Å². The lowest BCUT2D eigenvalue weighted by molar-refractivity contribution is -0.130. The molecule has 0 aliphatic heterocycles. The summed E-state index contributed by atoms with van der Waals surface area (Å²) in [4.78, 5) is 13.0. The van der Waals surface area contributed by atoms with Crippen molar-refractivity contribution in [2.24, 2.45) is 0 Å². The molecule has 7 nitrogen and oxygen atoms in total. The van der Waals surface area contributed by atoms with E-state index in [0.29, 0.717) is 22.6 Å². The predicted octanol–water partition coefficient (Wildman–Crippen LogP) is 2.67. The Balaban J connectivity index is 2.00. The molecule has 124 valence electrons. The summed E-state index contributed by atoms with van der Waals surface area (Å²) in [6.07, 6.45) is 0. The van der Waals surface area contributed by atoms with Gasteiger partial charge in [-0.15, -0.1) is 10.2 Å². The van der Waals surface area contributed by atoms with Crippen LogP contribution in [0.3, 0.4) is 0 Å². The SMILES string of the molecule is Cc1nnc([C@H](C)Nc2ccc(OCC(=O)N(C)C)c(Cl)c2)o1. The fraction of sp³-hybridized carbons (Fsp3) is 0.400. The van der Waals surface area contributed by atoms with Crippen molar-refractivity contribution >= 4 is 23.2 Å². The lowest BCUT2D eigenvalue weighted by Gasteiger charge is -2.14. The molecule has 1 atom stereocenters. The molecule has 2 aromatic rings. The van der Waals surface area contributed by atoms with Crippen LogP contribution in [0, 0.1) is 6.92 Å². The van der Waals surface area contributed by atoms with Crippen molar-refractivity contribution in [3.05, 3.63) is 35.0 Å². The van der Waals surface area contributed by atoms with E-state index in [9.17, 15) is 4.79 Å². The second-order valence-electron chi connectivity index (χ2n) is 5.25. The zero-order valence-corrected chi connectivity index (χ0v) is 14.2. The molecule has 0 saturated heterocycles. The summed E-state index contributed by atoms with van der Waals surface area (Å²) in [7, 11) is 3.34. The summed E-state index contributed by atoms with van der Waals surface area (Å²) in [5.74, 6) is 1.33. The van der Waals surface area contributed by atoms with Crippen LogP contribution in [0.1, 0.15) is 24.7 Å². The van der Waals surface area contributed by atoms with Crippen molar-refractivity contribution in [2.75, 3.05) is 26.0 Å². The molecule has 23 heavy (non-hydrogen) atoms. The normalized spacial score (nSPS) is 11.9. The molecule has 0 aliphatic rings. The number of rotatable bonds is 6. The zero-order valence-electron chi connectivity index (χ0n) is 13.5. The largest absolute Gasteiger partial charge is 0.482 e. The Morgan fingerprint density at radius 3 is 2.74 bits per heavy atom. The topological polar surface area (TPSA) is 80.5 Å².